The molecule has 140 valence electrons. The maximum atomic E-state index is 12.6. The van der Waals surface area contributed by atoms with Gasteiger partial charge in [0.2, 0.25) is 0 Å². The topological polar surface area (TPSA) is 81.2 Å². The van der Waals surface area contributed by atoms with Gasteiger partial charge in [0.1, 0.15) is 9.88 Å². The number of nitrogens with zero attached hydrogens (tertiary/aromatic N) is 2. The molecule has 0 radical (unpaired) electrons. The zero-order valence-corrected chi connectivity index (χ0v) is 17.0. The number of carbonyl (C=O) groups excluding carboxylic acids is 2. The van der Waals surface area contributed by atoms with Crippen LogP contribution in [0, 0.1) is 6.92 Å². The first-order chi connectivity index (χ1) is 13.0. The van der Waals surface area contributed by atoms with Gasteiger partial charge in [-0.2, -0.15) is 0 Å². The molecular weight excluding hydrogens is 406 g/mol. The maximum Gasteiger partial charge on any atom is 0.311 e. The molecule has 1 aromatic carbocycles. The second-order valence-electron chi connectivity index (χ2n) is 5.52. The van der Waals surface area contributed by atoms with Crippen LogP contribution in [-0.4, -0.2) is 28.5 Å². The molecule has 1 amide bonds. The van der Waals surface area contributed by atoms with Crippen LogP contribution in [0.5, 0.6) is 0 Å². The van der Waals surface area contributed by atoms with Crippen LogP contribution >= 0.6 is 34.3 Å². The molecule has 9 heteroatoms. The molecule has 0 aliphatic rings. The number of nitrogens with one attached hydrogen (secondary N) is 1. The number of esters is 1. The molecule has 6 nitrogen and oxygen atoms in total. The number of hydrogen-bond acceptors (Lipinski definition) is 7. The Morgan fingerprint density at radius 1 is 1.22 bits per heavy atom. The minimum Gasteiger partial charge on any atom is -0.466 e. The molecule has 27 heavy (non-hydrogen) atoms. The predicted molar refractivity (Wildman–Crippen MR) is 108 cm³/mol. The number of halogens is 1. The van der Waals surface area contributed by atoms with Gasteiger partial charge in [0.05, 0.1) is 24.4 Å². The summed E-state index contributed by atoms with van der Waals surface area (Å²) in [5.74, 6) is -0.617. The highest BCUT2D eigenvalue weighted by Gasteiger charge is 2.18. The Bertz CT molecular complexity index is 967. The molecule has 0 fully saturated rings. The summed E-state index contributed by atoms with van der Waals surface area (Å²) in [7, 11) is 0. The third kappa shape index (κ3) is 4.91. The lowest BCUT2D eigenvalue weighted by Crippen LogP contribution is -2.12. The summed E-state index contributed by atoms with van der Waals surface area (Å²) in [6, 6.07) is 7.30. The van der Waals surface area contributed by atoms with Gasteiger partial charge < -0.3 is 4.74 Å². The van der Waals surface area contributed by atoms with Crippen molar-refractivity contribution in [3.8, 4) is 10.6 Å². The molecule has 0 aliphatic carbocycles. The van der Waals surface area contributed by atoms with Gasteiger partial charge in [-0.1, -0.05) is 23.7 Å². The van der Waals surface area contributed by atoms with Crippen LogP contribution < -0.4 is 5.32 Å². The van der Waals surface area contributed by atoms with E-state index in [0.29, 0.717) is 33.0 Å². The van der Waals surface area contributed by atoms with E-state index in [2.05, 4.69) is 15.3 Å². The number of thiazole rings is 2. The molecule has 0 atom stereocenters. The van der Waals surface area contributed by atoms with E-state index in [9.17, 15) is 9.59 Å². The van der Waals surface area contributed by atoms with Crippen molar-refractivity contribution in [3.63, 3.8) is 0 Å². The fourth-order valence-corrected chi connectivity index (χ4v) is 4.08. The number of aromatic nitrogens is 2. The summed E-state index contributed by atoms with van der Waals surface area (Å²) in [6.45, 7) is 3.87. The fourth-order valence-electron chi connectivity index (χ4n) is 2.28. The predicted octanol–water partition coefficient (Wildman–Crippen LogP) is 4.59. The Balaban J connectivity index is 1.70. The summed E-state index contributed by atoms with van der Waals surface area (Å²) in [4.78, 5) is 33.3. The molecule has 2 aromatic heterocycles. The Kier molecular flexibility index (Phi) is 6.20. The molecule has 2 heterocycles. The van der Waals surface area contributed by atoms with Crippen molar-refractivity contribution in [1.29, 1.82) is 0 Å². The summed E-state index contributed by atoms with van der Waals surface area (Å²) in [6.07, 6.45) is 0.0838. The van der Waals surface area contributed by atoms with Gasteiger partial charge in [0.25, 0.3) is 5.91 Å². The van der Waals surface area contributed by atoms with Crippen molar-refractivity contribution in [2.45, 2.75) is 20.3 Å². The number of aryl methyl sites for hydroxylation is 1. The average Bonchev–Trinajstić information content (AvgIpc) is 3.22. The summed E-state index contributed by atoms with van der Waals surface area (Å²) in [5.41, 5.74) is 2.11. The summed E-state index contributed by atoms with van der Waals surface area (Å²) in [5, 5.41) is 6.31. The lowest BCUT2D eigenvalue weighted by atomic mass is 10.2. The number of carbonyl (C=O) groups is 2. The molecule has 0 aliphatic heterocycles. The number of benzene rings is 1. The third-order valence-corrected chi connectivity index (χ3v) is 5.76. The van der Waals surface area contributed by atoms with Crippen LogP contribution in [0.3, 0.4) is 0 Å². The smallest absolute Gasteiger partial charge is 0.311 e. The molecule has 3 aromatic rings. The first-order valence-electron chi connectivity index (χ1n) is 8.11. The largest absolute Gasteiger partial charge is 0.466 e. The number of hydrogen-bond donors (Lipinski definition) is 1. The van der Waals surface area contributed by atoms with Crippen LogP contribution in [0.25, 0.3) is 10.6 Å². The normalized spacial score (nSPS) is 10.6. The Morgan fingerprint density at radius 3 is 2.67 bits per heavy atom. The zero-order chi connectivity index (χ0) is 19.4. The van der Waals surface area contributed by atoms with Gasteiger partial charge in [-0.15, -0.1) is 22.7 Å². The first-order valence-corrected chi connectivity index (χ1v) is 10.2. The van der Waals surface area contributed by atoms with Crippen molar-refractivity contribution in [2.75, 3.05) is 11.9 Å². The van der Waals surface area contributed by atoms with Gasteiger partial charge >= 0.3 is 5.97 Å². The SMILES string of the molecule is CCOC(=O)Cc1csc(NC(=O)c2sc(-c3ccc(Cl)cc3)nc2C)n1. The van der Waals surface area contributed by atoms with Crippen molar-refractivity contribution >= 4 is 51.3 Å². The van der Waals surface area contributed by atoms with Gasteiger partial charge in [0, 0.05) is 16.0 Å². The summed E-state index contributed by atoms with van der Waals surface area (Å²) >= 11 is 8.48. The van der Waals surface area contributed by atoms with Gasteiger partial charge in [-0.25, -0.2) is 9.97 Å². The number of ether oxygens (including phenoxy) is 1. The lowest BCUT2D eigenvalue weighted by molar-refractivity contribution is -0.142. The molecule has 3 rings (SSSR count). The van der Waals surface area contributed by atoms with Gasteiger partial charge in [-0.3, -0.25) is 14.9 Å². The third-order valence-electron chi connectivity index (χ3n) is 3.50. The molecular formula is C18H16ClN3O3S2. The van der Waals surface area contributed by atoms with Crippen LogP contribution in [0.4, 0.5) is 5.13 Å². The van der Waals surface area contributed by atoms with Crippen molar-refractivity contribution < 1.29 is 14.3 Å². The van der Waals surface area contributed by atoms with Crippen molar-refractivity contribution in [2.24, 2.45) is 0 Å². The monoisotopic (exact) mass is 421 g/mol. The lowest BCUT2D eigenvalue weighted by Gasteiger charge is -2.00. The molecule has 1 N–H and O–H groups in total. The van der Waals surface area contributed by atoms with E-state index in [0.717, 1.165) is 10.6 Å². The molecule has 0 unspecified atom stereocenters. The van der Waals surface area contributed by atoms with Gasteiger partial charge in [-0.05, 0) is 26.0 Å². The Labute approximate surface area is 169 Å². The van der Waals surface area contributed by atoms with Crippen LogP contribution in [0.2, 0.25) is 5.02 Å². The Hall–Kier alpha value is -2.29. The minimum absolute atomic E-state index is 0.0838. The van der Waals surface area contributed by atoms with E-state index >= 15 is 0 Å². The molecule has 0 saturated heterocycles. The quantitative estimate of drug-likeness (QED) is 0.589. The van der Waals surface area contributed by atoms with Crippen LogP contribution in [0.15, 0.2) is 29.6 Å². The van der Waals surface area contributed by atoms with E-state index in [1.54, 1.807) is 31.4 Å². The summed E-state index contributed by atoms with van der Waals surface area (Å²) < 4.78 is 4.90. The van der Waals surface area contributed by atoms with E-state index in [1.165, 1.54) is 22.7 Å². The van der Waals surface area contributed by atoms with E-state index in [1.807, 2.05) is 12.1 Å². The standard InChI is InChI=1S/C18H16ClN3O3S2/c1-3-25-14(23)8-13-9-26-18(21-13)22-16(24)15-10(2)20-17(27-15)11-4-6-12(19)7-5-11/h4-7,9H,3,8H2,1-2H3,(H,21,22,24). The van der Waals surface area contributed by atoms with E-state index in [-0.39, 0.29) is 18.3 Å². The zero-order valence-electron chi connectivity index (χ0n) is 14.6. The fraction of sp³-hybridized carbons (Fsp3) is 0.222. The van der Waals surface area contributed by atoms with Gasteiger partial charge in [0.15, 0.2) is 5.13 Å². The maximum absolute atomic E-state index is 12.6. The minimum atomic E-state index is -0.341. The van der Waals surface area contributed by atoms with Crippen LogP contribution in [-0.2, 0) is 16.0 Å². The highest BCUT2D eigenvalue weighted by atomic mass is 35.5. The van der Waals surface area contributed by atoms with E-state index < -0.39 is 0 Å². The molecule has 0 saturated carbocycles. The molecule has 0 spiro atoms. The van der Waals surface area contributed by atoms with Crippen LogP contribution in [0.1, 0.15) is 28.0 Å². The first kappa shape index (κ1) is 19.5. The second kappa shape index (κ2) is 8.60. The average molecular weight is 422 g/mol. The highest BCUT2D eigenvalue weighted by Crippen LogP contribution is 2.29. The van der Waals surface area contributed by atoms with Crippen molar-refractivity contribution in [1.82, 2.24) is 9.97 Å². The number of anilines is 1. The van der Waals surface area contributed by atoms with E-state index in [4.69, 9.17) is 16.3 Å². The number of rotatable bonds is 6. The van der Waals surface area contributed by atoms with Crippen molar-refractivity contribution in [3.05, 3.63) is 50.9 Å². The number of amides is 1. The second-order valence-corrected chi connectivity index (χ2v) is 7.81. The molecule has 0 bridgehead atoms. The Morgan fingerprint density at radius 2 is 1.96 bits per heavy atom. The highest BCUT2D eigenvalue weighted by molar-refractivity contribution is 7.17.